The molecule has 2 aromatic rings. The molecule has 1 fully saturated rings. The van der Waals surface area contributed by atoms with E-state index in [1.165, 1.54) is 25.8 Å². The first-order valence-corrected chi connectivity index (χ1v) is 8.59. The summed E-state index contributed by atoms with van der Waals surface area (Å²) < 4.78 is 23.9. The van der Waals surface area contributed by atoms with Crippen molar-refractivity contribution in [1.82, 2.24) is 4.90 Å². The zero-order chi connectivity index (χ0) is 18.5. The summed E-state index contributed by atoms with van der Waals surface area (Å²) in [4.78, 5) is 16.5. The third-order valence-corrected chi connectivity index (χ3v) is 4.64. The average Bonchev–Trinajstić information content (AvgIpc) is 2.68. The van der Waals surface area contributed by atoms with Crippen LogP contribution in [0.15, 0.2) is 42.5 Å². The Balaban J connectivity index is 1.75. The Morgan fingerprint density at radius 2 is 1.77 bits per heavy atom. The van der Waals surface area contributed by atoms with Gasteiger partial charge in [-0.25, -0.2) is 9.18 Å². The Bertz CT molecular complexity index is 759. The molecule has 0 unspecified atom stereocenters. The van der Waals surface area contributed by atoms with Crippen LogP contribution in [0, 0.1) is 5.82 Å². The Labute approximate surface area is 152 Å². The zero-order valence-electron chi connectivity index (χ0n) is 15.1. The van der Waals surface area contributed by atoms with Gasteiger partial charge in [0.15, 0.2) is 11.6 Å². The van der Waals surface area contributed by atoms with Crippen molar-refractivity contribution in [3.8, 4) is 5.75 Å². The average molecular weight is 358 g/mol. The number of ether oxygens (including phenoxy) is 2. The molecule has 1 saturated heterocycles. The van der Waals surface area contributed by atoms with Crippen molar-refractivity contribution in [2.24, 2.45) is 0 Å². The first-order chi connectivity index (χ1) is 12.6. The molecule has 0 saturated carbocycles. The molecule has 0 atom stereocenters. The molecule has 0 spiro atoms. The molecule has 1 aliphatic rings. The molecule has 1 heterocycles. The van der Waals surface area contributed by atoms with E-state index in [0.29, 0.717) is 5.69 Å². The first-order valence-electron chi connectivity index (χ1n) is 8.59. The fraction of sp³-hybridized carbons (Fsp3) is 0.350. The summed E-state index contributed by atoms with van der Waals surface area (Å²) in [5.41, 5.74) is 2.15. The van der Waals surface area contributed by atoms with Crippen LogP contribution in [0.3, 0.4) is 0 Å². The fourth-order valence-corrected chi connectivity index (χ4v) is 3.22. The topological polar surface area (TPSA) is 42.0 Å². The number of benzene rings is 2. The molecule has 0 bridgehead atoms. The van der Waals surface area contributed by atoms with Gasteiger partial charge in [0.2, 0.25) is 0 Å². The Morgan fingerprint density at radius 1 is 1.08 bits per heavy atom. The number of anilines is 1. The summed E-state index contributed by atoms with van der Waals surface area (Å²) in [6.45, 7) is 4.09. The number of carbonyl (C=O) groups excluding carboxylic acids is 1. The van der Waals surface area contributed by atoms with Crippen molar-refractivity contribution in [2.45, 2.75) is 6.54 Å². The second kappa shape index (κ2) is 8.19. The van der Waals surface area contributed by atoms with E-state index in [1.807, 2.05) is 18.2 Å². The van der Waals surface area contributed by atoms with Crippen LogP contribution in [0.2, 0.25) is 0 Å². The molecule has 0 aliphatic carbocycles. The van der Waals surface area contributed by atoms with Crippen LogP contribution in [0.5, 0.6) is 5.75 Å². The van der Waals surface area contributed by atoms with E-state index >= 15 is 0 Å². The number of methoxy groups -OCH3 is 2. The van der Waals surface area contributed by atoms with Crippen LogP contribution in [0.25, 0.3) is 0 Å². The molecule has 0 amide bonds. The highest BCUT2D eigenvalue weighted by Crippen LogP contribution is 2.30. The molecule has 0 N–H and O–H groups in total. The van der Waals surface area contributed by atoms with Gasteiger partial charge in [-0.1, -0.05) is 30.3 Å². The highest BCUT2D eigenvalue weighted by Gasteiger charge is 2.24. The molecular formula is C20H23FN2O3. The van der Waals surface area contributed by atoms with Crippen LogP contribution in [0.4, 0.5) is 10.1 Å². The lowest BCUT2D eigenvalue weighted by Gasteiger charge is -2.37. The van der Waals surface area contributed by atoms with E-state index in [9.17, 15) is 9.18 Å². The van der Waals surface area contributed by atoms with Gasteiger partial charge in [0.1, 0.15) is 0 Å². The van der Waals surface area contributed by atoms with Gasteiger partial charge < -0.3 is 14.4 Å². The van der Waals surface area contributed by atoms with Crippen molar-refractivity contribution >= 4 is 11.7 Å². The van der Waals surface area contributed by atoms with Crippen molar-refractivity contribution in [2.75, 3.05) is 45.3 Å². The summed E-state index contributed by atoms with van der Waals surface area (Å²) in [6, 6.07) is 13.1. The molecule has 1 aliphatic heterocycles. The van der Waals surface area contributed by atoms with E-state index < -0.39 is 11.8 Å². The molecular weight excluding hydrogens is 335 g/mol. The first kappa shape index (κ1) is 18.2. The number of carbonyl (C=O) groups is 1. The van der Waals surface area contributed by atoms with Crippen LogP contribution < -0.4 is 9.64 Å². The SMILES string of the molecule is COC(=O)c1cc(F)c(OC)cc1N1CCN(Cc2ccccc2)CC1. The Morgan fingerprint density at radius 3 is 2.38 bits per heavy atom. The molecule has 26 heavy (non-hydrogen) atoms. The standard InChI is InChI=1S/C20H23FN2O3/c1-25-19-13-18(16(12-17(19)21)20(24)26-2)23-10-8-22(9-11-23)14-15-6-4-3-5-7-15/h3-7,12-13H,8-11,14H2,1-2H3. The molecule has 6 heteroatoms. The van der Waals surface area contributed by atoms with Crippen LogP contribution in [-0.2, 0) is 11.3 Å². The van der Waals surface area contributed by atoms with Gasteiger partial charge in [0.05, 0.1) is 25.5 Å². The molecule has 0 radical (unpaired) electrons. The fourth-order valence-electron chi connectivity index (χ4n) is 3.22. The minimum Gasteiger partial charge on any atom is -0.494 e. The van der Waals surface area contributed by atoms with Gasteiger partial charge in [-0.3, -0.25) is 4.90 Å². The number of halogens is 1. The van der Waals surface area contributed by atoms with E-state index in [0.717, 1.165) is 32.7 Å². The lowest BCUT2D eigenvalue weighted by Crippen LogP contribution is -2.46. The molecule has 5 nitrogen and oxygen atoms in total. The number of piperazine rings is 1. The van der Waals surface area contributed by atoms with Crippen molar-refractivity contribution in [3.63, 3.8) is 0 Å². The predicted molar refractivity (Wildman–Crippen MR) is 98.2 cm³/mol. The lowest BCUT2D eigenvalue weighted by molar-refractivity contribution is 0.0600. The number of esters is 1. The van der Waals surface area contributed by atoms with Crippen LogP contribution in [-0.4, -0.2) is 51.3 Å². The smallest absolute Gasteiger partial charge is 0.340 e. The van der Waals surface area contributed by atoms with Gasteiger partial charge in [-0.2, -0.15) is 0 Å². The largest absolute Gasteiger partial charge is 0.494 e. The summed E-state index contributed by atoms with van der Waals surface area (Å²) in [5.74, 6) is -0.994. The number of hydrogen-bond acceptors (Lipinski definition) is 5. The predicted octanol–water partition coefficient (Wildman–Crippen LogP) is 2.94. The highest BCUT2D eigenvalue weighted by atomic mass is 19.1. The third-order valence-electron chi connectivity index (χ3n) is 4.64. The van der Waals surface area contributed by atoms with Crippen LogP contribution >= 0.6 is 0 Å². The maximum atomic E-state index is 14.0. The minimum atomic E-state index is -0.570. The van der Waals surface area contributed by atoms with Gasteiger partial charge in [0.25, 0.3) is 0 Å². The normalized spacial score (nSPS) is 15.0. The number of rotatable bonds is 5. The second-order valence-electron chi connectivity index (χ2n) is 6.24. The summed E-state index contributed by atoms with van der Waals surface area (Å²) in [6.07, 6.45) is 0. The van der Waals surface area contributed by atoms with Gasteiger partial charge in [0, 0.05) is 38.8 Å². The van der Waals surface area contributed by atoms with E-state index in [4.69, 9.17) is 9.47 Å². The van der Waals surface area contributed by atoms with Crippen molar-refractivity contribution in [3.05, 3.63) is 59.4 Å². The summed E-state index contributed by atoms with van der Waals surface area (Å²) in [5, 5.41) is 0. The van der Waals surface area contributed by atoms with E-state index in [1.54, 1.807) is 6.07 Å². The van der Waals surface area contributed by atoms with Gasteiger partial charge in [-0.15, -0.1) is 0 Å². The maximum Gasteiger partial charge on any atom is 0.340 e. The second-order valence-corrected chi connectivity index (χ2v) is 6.24. The van der Waals surface area contributed by atoms with Crippen LogP contribution in [0.1, 0.15) is 15.9 Å². The lowest BCUT2D eigenvalue weighted by atomic mass is 10.1. The highest BCUT2D eigenvalue weighted by molar-refractivity contribution is 5.96. The third kappa shape index (κ3) is 3.96. The Hall–Kier alpha value is -2.60. The molecule has 2 aromatic carbocycles. The van der Waals surface area contributed by atoms with Gasteiger partial charge in [-0.05, 0) is 11.6 Å². The summed E-state index contributed by atoms with van der Waals surface area (Å²) >= 11 is 0. The van der Waals surface area contributed by atoms with E-state index in [-0.39, 0.29) is 11.3 Å². The summed E-state index contributed by atoms with van der Waals surface area (Å²) in [7, 11) is 2.71. The molecule has 3 rings (SSSR count). The minimum absolute atomic E-state index is 0.124. The quantitative estimate of drug-likeness (QED) is 0.769. The zero-order valence-corrected chi connectivity index (χ0v) is 15.1. The van der Waals surface area contributed by atoms with Gasteiger partial charge >= 0.3 is 5.97 Å². The monoisotopic (exact) mass is 358 g/mol. The number of nitrogens with zero attached hydrogens (tertiary/aromatic N) is 2. The molecule has 0 aromatic heterocycles. The molecule has 138 valence electrons. The Kier molecular flexibility index (Phi) is 5.73. The van der Waals surface area contributed by atoms with E-state index in [2.05, 4.69) is 21.9 Å². The maximum absolute atomic E-state index is 14.0. The van der Waals surface area contributed by atoms with Crippen molar-refractivity contribution < 1.29 is 18.7 Å². The number of hydrogen-bond donors (Lipinski definition) is 0. The van der Waals surface area contributed by atoms with Crippen molar-refractivity contribution in [1.29, 1.82) is 0 Å².